The molecule has 0 heterocycles. The van der Waals surface area contributed by atoms with Crippen LogP contribution in [0.15, 0.2) is 49.1 Å². The van der Waals surface area contributed by atoms with E-state index in [2.05, 4.69) is 23.2 Å². The number of carbonyl (C=O) groups is 2. The molecule has 0 rings (SSSR count). The predicted octanol–water partition coefficient (Wildman–Crippen LogP) is 3.15. The van der Waals surface area contributed by atoms with Crippen molar-refractivity contribution < 1.29 is 19.1 Å². The Labute approximate surface area is 127 Å². The van der Waals surface area contributed by atoms with Crippen LogP contribution in [0.4, 0.5) is 4.79 Å². The summed E-state index contributed by atoms with van der Waals surface area (Å²) in [6.45, 7) is 11.1. The van der Waals surface area contributed by atoms with Crippen molar-refractivity contribution in [2.45, 2.75) is 26.4 Å². The number of allylic oxidation sites excluding steroid dienone is 4. The van der Waals surface area contributed by atoms with Crippen LogP contribution in [0.5, 0.6) is 0 Å². The highest BCUT2D eigenvalue weighted by Crippen LogP contribution is 2.14. The number of esters is 1. The Hall–Kier alpha value is -2.30. The minimum Gasteiger partial charge on any atom is -0.469 e. The highest BCUT2D eigenvalue weighted by molar-refractivity contribution is 5.72. The van der Waals surface area contributed by atoms with Gasteiger partial charge in [0.15, 0.2) is 0 Å². The summed E-state index contributed by atoms with van der Waals surface area (Å²) in [5.74, 6) is -0.476. The van der Waals surface area contributed by atoms with Crippen molar-refractivity contribution in [2.75, 3.05) is 14.2 Å². The Morgan fingerprint density at radius 1 is 1.24 bits per heavy atom. The van der Waals surface area contributed by atoms with Gasteiger partial charge in [-0.05, 0) is 5.57 Å². The van der Waals surface area contributed by atoms with Gasteiger partial charge in [0.1, 0.15) is 6.10 Å². The number of nitrogens with one attached hydrogen (secondary N) is 1. The first-order valence-corrected chi connectivity index (χ1v) is 6.65. The number of hydrogen-bond donors (Lipinski definition) is 1. The zero-order valence-corrected chi connectivity index (χ0v) is 13.2. The summed E-state index contributed by atoms with van der Waals surface area (Å²) in [5.41, 5.74) is 0.615. The molecule has 0 saturated heterocycles. The number of ether oxygens (including phenoxy) is 2. The van der Waals surface area contributed by atoms with Crippen LogP contribution >= 0.6 is 0 Å². The molecular weight excluding hydrogens is 270 g/mol. The molecule has 0 radical (unpaired) electrons. The number of hydrogen-bond acceptors (Lipinski definition) is 4. The van der Waals surface area contributed by atoms with Gasteiger partial charge in [0, 0.05) is 7.05 Å². The Bertz CT molecular complexity index is 379. The van der Waals surface area contributed by atoms with Crippen LogP contribution in [-0.2, 0) is 14.3 Å². The van der Waals surface area contributed by atoms with E-state index in [1.807, 2.05) is 13.8 Å². The maximum atomic E-state index is 11.3. The molecule has 0 fully saturated rings. The summed E-state index contributed by atoms with van der Waals surface area (Å²) in [4.78, 5) is 22.6. The van der Waals surface area contributed by atoms with Gasteiger partial charge in [-0.25, -0.2) is 4.79 Å². The topological polar surface area (TPSA) is 64.6 Å². The highest BCUT2D eigenvalue weighted by Gasteiger charge is 2.21. The lowest BCUT2D eigenvalue weighted by molar-refractivity contribution is -0.142. The minimum absolute atomic E-state index is 0.0783. The zero-order valence-electron chi connectivity index (χ0n) is 13.2. The molecular formula is C16H25NO4. The summed E-state index contributed by atoms with van der Waals surface area (Å²) >= 11 is 0. The van der Waals surface area contributed by atoms with Crippen molar-refractivity contribution >= 4 is 12.1 Å². The lowest BCUT2D eigenvalue weighted by Crippen LogP contribution is -2.29. The first-order chi connectivity index (χ1) is 10.1. The molecule has 0 aliphatic rings. The zero-order chi connectivity index (χ0) is 16.7. The molecule has 0 aromatic carbocycles. The fraction of sp³-hybridized carbons (Fsp3) is 0.375. The first kappa shape index (κ1) is 21.0. The minimum atomic E-state index is -0.749. The monoisotopic (exact) mass is 295 g/mol. The van der Waals surface area contributed by atoms with Crippen LogP contribution in [0.25, 0.3) is 0 Å². The third kappa shape index (κ3) is 10.2. The fourth-order valence-corrected chi connectivity index (χ4v) is 1.24. The van der Waals surface area contributed by atoms with Crippen LogP contribution in [-0.4, -0.2) is 32.3 Å². The average Bonchev–Trinajstić information content (AvgIpc) is 2.52. The van der Waals surface area contributed by atoms with Crippen molar-refractivity contribution in [3.8, 4) is 0 Å². The molecule has 1 unspecified atom stereocenters. The van der Waals surface area contributed by atoms with Crippen molar-refractivity contribution in [1.82, 2.24) is 5.32 Å². The third-order valence-corrected chi connectivity index (χ3v) is 2.14. The number of rotatable bonds is 7. The maximum Gasteiger partial charge on any atom is 0.407 e. The van der Waals surface area contributed by atoms with E-state index in [9.17, 15) is 9.59 Å². The van der Waals surface area contributed by atoms with Gasteiger partial charge in [0.05, 0.1) is 13.5 Å². The quantitative estimate of drug-likeness (QED) is 0.579. The molecule has 1 N–H and O–H groups in total. The summed E-state index contributed by atoms with van der Waals surface area (Å²) < 4.78 is 9.71. The smallest absolute Gasteiger partial charge is 0.407 e. The molecule has 0 aromatic heterocycles. The van der Waals surface area contributed by atoms with E-state index >= 15 is 0 Å². The van der Waals surface area contributed by atoms with E-state index in [0.717, 1.165) is 0 Å². The molecule has 1 atom stereocenters. The first-order valence-electron chi connectivity index (χ1n) is 6.65. The molecule has 5 nitrogen and oxygen atoms in total. The Kier molecular flexibility index (Phi) is 14.1. The molecule has 0 aliphatic heterocycles. The molecule has 0 aliphatic carbocycles. The van der Waals surface area contributed by atoms with Gasteiger partial charge in [0.2, 0.25) is 0 Å². The van der Waals surface area contributed by atoms with E-state index < -0.39 is 18.2 Å². The Morgan fingerprint density at radius 3 is 2.29 bits per heavy atom. The predicted molar refractivity (Wildman–Crippen MR) is 84.9 cm³/mol. The number of carbonyl (C=O) groups excluding carboxylic acids is 2. The summed E-state index contributed by atoms with van der Waals surface area (Å²) in [6.07, 6.45) is 6.67. The summed E-state index contributed by atoms with van der Waals surface area (Å²) in [5, 5.41) is 2.33. The molecule has 21 heavy (non-hydrogen) atoms. The normalized spacial score (nSPS) is 11.7. The van der Waals surface area contributed by atoms with Crippen LogP contribution < -0.4 is 5.32 Å². The van der Waals surface area contributed by atoms with E-state index in [4.69, 9.17) is 4.74 Å². The second-order valence-corrected chi connectivity index (χ2v) is 3.42. The van der Waals surface area contributed by atoms with Gasteiger partial charge in [0.25, 0.3) is 0 Å². The second kappa shape index (κ2) is 14.1. The highest BCUT2D eigenvalue weighted by atomic mass is 16.6. The second-order valence-electron chi connectivity index (χ2n) is 3.42. The average molecular weight is 295 g/mol. The largest absolute Gasteiger partial charge is 0.469 e. The van der Waals surface area contributed by atoms with Crippen molar-refractivity contribution in [3.63, 3.8) is 0 Å². The van der Waals surface area contributed by atoms with E-state index in [1.54, 1.807) is 30.4 Å². The van der Waals surface area contributed by atoms with Gasteiger partial charge in [-0.1, -0.05) is 57.4 Å². The van der Waals surface area contributed by atoms with Gasteiger partial charge in [-0.15, -0.1) is 0 Å². The summed E-state index contributed by atoms with van der Waals surface area (Å²) in [7, 11) is 2.71. The van der Waals surface area contributed by atoms with Gasteiger partial charge >= 0.3 is 12.1 Å². The number of amides is 1. The SMILES string of the molecule is C=C/C=C\C(=C/C=C)C(CC(=O)OC)OC(=O)NC.CC. The third-order valence-electron chi connectivity index (χ3n) is 2.14. The van der Waals surface area contributed by atoms with Gasteiger partial charge in [-0.2, -0.15) is 0 Å². The number of alkyl carbamates (subject to hydrolysis) is 1. The van der Waals surface area contributed by atoms with Gasteiger partial charge in [-0.3, -0.25) is 4.79 Å². The Morgan fingerprint density at radius 2 is 1.86 bits per heavy atom. The Balaban J connectivity index is 0. The van der Waals surface area contributed by atoms with E-state index in [-0.39, 0.29) is 6.42 Å². The van der Waals surface area contributed by atoms with Crippen LogP contribution in [0.3, 0.4) is 0 Å². The standard InChI is InChI=1S/C14H19NO4.C2H6/c1-5-7-9-11(8-6-2)12(10-13(16)18-4)19-14(17)15-3;1-2/h5-9,12H,1-2,10H2,3-4H3,(H,15,17);1-2H3/b9-7-,11-8+;. The molecule has 5 heteroatoms. The van der Waals surface area contributed by atoms with E-state index in [1.165, 1.54) is 14.2 Å². The van der Waals surface area contributed by atoms with Crippen molar-refractivity contribution in [3.05, 3.63) is 49.1 Å². The van der Waals surface area contributed by atoms with Gasteiger partial charge < -0.3 is 14.8 Å². The molecule has 118 valence electrons. The summed E-state index contributed by atoms with van der Waals surface area (Å²) in [6, 6.07) is 0. The maximum absolute atomic E-state index is 11.3. The van der Waals surface area contributed by atoms with Crippen LogP contribution in [0, 0.1) is 0 Å². The van der Waals surface area contributed by atoms with Crippen LogP contribution in [0.2, 0.25) is 0 Å². The molecule has 1 amide bonds. The number of methoxy groups -OCH3 is 1. The lowest BCUT2D eigenvalue weighted by atomic mass is 10.1. The molecule has 0 spiro atoms. The van der Waals surface area contributed by atoms with Crippen molar-refractivity contribution in [2.24, 2.45) is 0 Å². The fourth-order valence-electron chi connectivity index (χ4n) is 1.24. The molecule has 0 aromatic rings. The van der Waals surface area contributed by atoms with Crippen molar-refractivity contribution in [1.29, 1.82) is 0 Å². The molecule has 0 bridgehead atoms. The lowest BCUT2D eigenvalue weighted by Gasteiger charge is -2.17. The van der Waals surface area contributed by atoms with Crippen LogP contribution in [0.1, 0.15) is 20.3 Å². The molecule has 0 saturated carbocycles. The van der Waals surface area contributed by atoms with E-state index in [0.29, 0.717) is 5.57 Å².